The fraction of sp³-hybridized carbons (Fsp3) is 0.611. The summed E-state index contributed by atoms with van der Waals surface area (Å²) < 4.78 is 5.38. The Balaban J connectivity index is 1.34. The zero-order valence-electron chi connectivity index (χ0n) is 14.1. The van der Waals surface area contributed by atoms with Crippen molar-refractivity contribution >= 4 is 17.2 Å². The number of thiophene rings is 1. The van der Waals surface area contributed by atoms with Crippen molar-refractivity contribution < 1.29 is 9.32 Å². The number of rotatable bonds is 5. The van der Waals surface area contributed by atoms with Crippen LogP contribution in [-0.2, 0) is 4.79 Å². The lowest BCUT2D eigenvalue weighted by Crippen LogP contribution is -2.28. The normalized spacial score (nSPS) is 24.9. The monoisotopic (exact) mass is 345 g/mol. The molecule has 0 aliphatic heterocycles. The summed E-state index contributed by atoms with van der Waals surface area (Å²) >= 11 is 1.79. The van der Waals surface area contributed by atoms with Crippen LogP contribution in [0.2, 0.25) is 0 Å². The van der Waals surface area contributed by atoms with Gasteiger partial charge in [-0.15, -0.1) is 11.3 Å². The van der Waals surface area contributed by atoms with Crippen molar-refractivity contribution in [3.8, 4) is 0 Å². The first-order valence-electron chi connectivity index (χ1n) is 8.82. The number of hydrogen-bond donors (Lipinski definition) is 1. The lowest BCUT2D eigenvalue weighted by molar-refractivity contribution is -0.123. The third kappa shape index (κ3) is 3.11. The van der Waals surface area contributed by atoms with Crippen molar-refractivity contribution in [2.24, 2.45) is 5.92 Å². The molecule has 0 aromatic carbocycles. The second kappa shape index (κ2) is 6.31. The molecule has 24 heavy (non-hydrogen) atoms. The van der Waals surface area contributed by atoms with Gasteiger partial charge in [-0.3, -0.25) is 4.79 Å². The van der Waals surface area contributed by atoms with Crippen LogP contribution < -0.4 is 5.32 Å². The van der Waals surface area contributed by atoms with Crippen LogP contribution >= 0.6 is 11.3 Å². The molecule has 2 heterocycles. The summed E-state index contributed by atoms with van der Waals surface area (Å²) in [6.45, 7) is 4.02. The van der Waals surface area contributed by atoms with E-state index in [0.717, 1.165) is 25.1 Å². The molecule has 0 spiro atoms. The van der Waals surface area contributed by atoms with Crippen LogP contribution in [0, 0.1) is 12.8 Å². The van der Waals surface area contributed by atoms with E-state index in [1.54, 1.807) is 11.3 Å². The van der Waals surface area contributed by atoms with E-state index in [0.29, 0.717) is 17.7 Å². The fourth-order valence-electron chi connectivity index (χ4n) is 3.61. The maximum atomic E-state index is 12.4. The molecule has 0 bridgehead atoms. The van der Waals surface area contributed by atoms with E-state index in [9.17, 15) is 4.79 Å². The molecule has 3 atom stereocenters. The van der Waals surface area contributed by atoms with E-state index in [4.69, 9.17) is 4.52 Å². The average molecular weight is 345 g/mol. The van der Waals surface area contributed by atoms with E-state index in [-0.39, 0.29) is 17.9 Å². The standard InChI is InChI=1S/C18H23N3O2S/c1-10-7-8-15(24-10)13-9-14(13)17(22)19-11(2)18-20-16(21-23-18)12-5-3-4-6-12/h7-8,11-14H,3-6,9H2,1-2H3,(H,19,22). The van der Waals surface area contributed by atoms with Gasteiger partial charge in [0.15, 0.2) is 5.82 Å². The van der Waals surface area contributed by atoms with E-state index >= 15 is 0 Å². The first kappa shape index (κ1) is 15.8. The van der Waals surface area contributed by atoms with E-state index in [1.807, 2.05) is 6.92 Å². The molecule has 2 fully saturated rings. The largest absolute Gasteiger partial charge is 0.344 e. The topological polar surface area (TPSA) is 68.0 Å². The minimum absolute atomic E-state index is 0.0859. The molecule has 5 nitrogen and oxygen atoms in total. The highest BCUT2D eigenvalue weighted by atomic mass is 32.1. The molecule has 4 rings (SSSR count). The lowest BCUT2D eigenvalue weighted by atomic mass is 10.1. The van der Waals surface area contributed by atoms with Gasteiger partial charge in [0, 0.05) is 27.5 Å². The van der Waals surface area contributed by atoms with Crippen LogP contribution in [0.15, 0.2) is 16.7 Å². The molecule has 2 aliphatic rings. The SMILES string of the molecule is Cc1ccc(C2CC2C(=O)NC(C)c2nc(C3CCCC3)no2)s1. The van der Waals surface area contributed by atoms with Gasteiger partial charge in [0.05, 0.1) is 0 Å². The Morgan fingerprint density at radius 2 is 2.17 bits per heavy atom. The van der Waals surface area contributed by atoms with Crippen molar-refractivity contribution in [3.05, 3.63) is 33.6 Å². The maximum Gasteiger partial charge on any atom is 0.248 e. The van der Waals surface area contributed by atoms with Crippen LogP contribution in [0.4, 0.5) is 0 Å². The van der Waals surface area contributed by atoms with Gasteiger partial charge in [0.1, 0.15) is 6.04 Å². The number of carbonyl (C=O) groups excluding carboxylic acids is 1. The van der Waals surface area contributed by atoms with E-state index < -0.39 is 0 Å². The minimum Gasteiger partial charge on any atom is -0.344 e. The number of hydrogen-bond acceptors (Lipinski definition) is 5. The summed E-state index contributed by atoms with van der Waals surface area (Å²) in [4.78, 5) is 19.6. The van der Waals surface area contributed by atoms with Crippen molar-refractivity contribution in [1.29, 1.82) is 0 Å². The second-order valence-electron chi connectivity index (χ2n) is 7.10. The summed E-state index contributed by atoms with van der Waals surface area (Å²) in [5, 5.41) is 7.15. The first-order chi connectivity index (χ1) is 11.6. The molecule has 3 unspecified atom stereocenters. The Kier molecular flexibility index (Phi) is 4.16. The quantitative estimate of drug-likeness (QED) is 0.886. The van der Waals surface area contributed by atoms with Crippen LogP contribution in [0.1, 0.15) is 78.4 Å². The Bertz CT molecular complexity index is 732. The Morgan fingerprint density at radius 1 is 1.38 bits per heavy atom. The zero-order valence-corrected chi connectivity index (χ0v) is 14.9. The third-order valence-electron chi connectivity index (χ3n) is 5.16. The second-order valence-corrected chi connectivity index (χ2v) is 8.42. The minimum atomic E-state index is -0.230. The highest BCUT2D eigenvalue weighted by Crippen LogP contribution is 2.49. The maximum absolute atomic E-state index is 12.4. The number of aromatic nitrogens is 2. The molecule has 128 valence electrons. The van der Waals surface area contributed by atoms with Gasteiger partial charge in [0.25, 0.3) is 0 Å². The number of nitrogens with one attached hydrogen (secondary N) is 1. The van der Waals surface area contributed by atoms with Crippen molar-refractivity contribution in [1.82, 2.24) is 15.5 Å². The average Bonchev–Trinajstić information content (AvgIpc) is 2.99. The summed E-state index contributed by atoms with van der Waals surface area (Å²) in [6.07, 6.45) is 5.71. The summed E-state index contributed by atoms with van der Waals surface area (Å²) in [5.41, 5.74) is 0. The summed E-state index contributed by atoms with van der Waals surface area (Å²) in [7, 11) is 0. The smallest absolute Gasteiger partial charge is 0.248 e. The predicted molar refractivity (Wildman–Crippen MR) is 92.0 cm³/mol. The number of amides is 1. The Labute approximate surface area is 145 Å². The molecule has 2 aromatic rings. The Hall–Kier alpha value is -1.69. The molecular formula is C18H23N3O2S. The van der Waals surface area contributed by atoms with Crippen molar-refractivity contribution in [3.63, 3.8) is 0 Å². The number of nitrogens with zero attached hydrogens (tertiary/aromatic N) is 2. The molecule has 1 N–H and O–H groups in total. The van der Waals surface area contributed by atoms with E-state index in [1.165, 1.54) is 22.6 Å². The van der Waals surface area contributed by atoms with Crippen LogP contribution in [0.5, 0.6) is 0 Å². The van der Waals surface area contributed by atoms with Crippen LogP contribution in [-0.4, -0.2) is 16.0 Å². The summed E-state index contributed by atoms with van der Waals surface area (Å²) in [5.74, 6) is 2.33. The molecule has 2 saturated carbocycles. The van der Waals surface area contributed by atoms with Crippen molar-refractivity contribution in [2.45, 2.75) is 63.8 Å². The highest BCUT2D eigenvalue weighted by Gasteiger charge is 2.45. The molecule has 2 aliphatic carbocycles. The fourth-order valence-corrected chi connectivity index (χ4v) is 4.66. The third-order valence-corrected chi connectivity index (χ3v) is 6.29. The molecule has 0 saturated heterocycles. The zero-order chi connectivity index (χ0) is 16.7. The van der Waals surface area contributed by atoms with Gasteiger partial charge in [-0.1, -0.05) is 18.0 Å². The Morgan fingerprint density at radius 3 is 2.88 bits per heavy atom. The van der Waals surface area contributed by atoms with Gasteiger partial charge in [-0.05, 0) is 45.2 Å². The molecule has 2 aromatic heterocycles. The van der Waals surface area contributed by atoms with Gasteiger partial charge in [0.2, 0.25) is 11.8 Å². The first-order valence-corrected chi connectivity index (χ1v) is 9.63. The van der Waals surface area contributed by atoms with E-state index in [2.05, 4.69) is 34.5 Å². The molecule has 0 radical (unpaired) electrons. The lowest BCUT2D eigenvalue weighted by Gasteiger charge is -2.09. The van der Waals surface area contributed by atoms with Crippen LogP contribution in [0.25, 0.3) is 0 Å². The predicted octanol–water partition coefficient (Wildman–Crippen LogP) is 4.08. The van der Waals surface area contributed by atoms with Gasteiger partial charge in [-0.25, -0.2) is 0 Å². The van der Waals surface area contributed by atoms with Gasteiger partial charge >= 0.3 is 0 Å². The van der Waals surface area contributed by atoms with Gasteiger partial charge < -0.3 is 9.84 Å². The molecular weight excluding hydrogens is 322 g/mol. The number of aryl methyl sites for hydroxylation is 1. The van der Waals surface area contributed by atoms with Crippen molar-refractivity contribution in [2.75, 3.05) is 0 Å². The van der Waals surface area contributed by atoms with Crippen LogP contribution in [0.3, 0.4) is 0 Å². The molecule has 6 heteroatoms. The summed E-state index contributed by atoms with van der Waals surface area (Å²) in [6, 6.07) is 4.04. The van der Waals surface area contributed by atoms with Gasteiger partial charge in [-0.2, -0.15) is 4.98 Å². The number of carbonyl (C=O) groups is 1. The molecule has 1 amide bonds. The highest BCUT2D eigenvalue weighted by molar-refractivity contribution is 7.12.